The topological polar surface area (TPSA) is 80.0 Å². The van der Waals surface area contributed by atoms with Gasteiger partial charge in [-0.05, 0) is 36.2 Å². The van der Waals surface area contributed by atoms with Crippen molar-refractivity contribution in [3.05, 3.63) is 47.8 Å². The van der Waals surface area contributed by atoms with Crippen molar-refractivity contribution >= 4 is 29.9 Å². The van der Waals surface area contributed by atoms with Gasteiger partial charge in [0.25, 0.3) is 0 Å². The third-order valence-electron chi connectivity index (χ3n) is 3.88. The van der Waals surface area contributed by atoms with Crippen LogP contribution in [-0.2, 0) is 13.6 Å². The molecular formula is C19H29IN4O3. The molecule has 0 aliphatic carbocycles. The first-order valence-corrected chi connectivity index (χ1v) is 8.59. The first-order valence-electron chi connectivity index (χ1n) is 8.59. The summed E-state index contributed by atoms with van der Waals surface area (Å²) >= 11 is 0. The van der Waals surface area contributed by atoms with Crippen LogP contribution in [0.15, 0.2) is 41.7 Å². The summed E-state index contributed by atoms with van der Waals surface area (Å²) in [6, 6.07) is 7.39. The van der Waals surface area contributed by atoms with Gasteiger partial charge in [0, 0.05) is 38.6 Å². The average Bonchev–Trinajstić information content (AvgIpc) is 3.08. The van der Waals surface area contributed by atoms with E-state index in [0.29, 0.717) is 36.1 Å². The quantitative estimate of drug-likeness (QED) is 0.302. The molecule has 1 atom stereocenters. The van der Waals surface area contributed by atoms with E-state index in [1.54, 1.807) is 32.4 Å². The van der Waals surface area contributed by atoms with Gasteiger partial charge in [-0.25, -0.2) is 4.99 Å². The van der Waals surface area contributed by atoms with Crippen LogP contribution in [0, 0.1) is 0 Å². The fraction of sp³-hybridized carbons (Fsp3) is 0.421. The van der Waals surface area contributed by atoms with E-state index in [1.165, 1.54) is 0 Å². The lowest BCUT2D eigenvalue weighted by molar-refractivity contribution is 0.180. The highest BCUT2D eigenvalue weighted by Gasteiger charge is 2.12. The highest BCUT2D eigenvalue weighted by Crippen LogP contribution is 2.26. The predicted octanol–water partition coefficient (Wildman–Crippen LogP) is 2.45. The molecule has 0 saturated heterocycles. The zero-order valence-corrected chi connectivity index (χ0v) is 18.6. The molecule has 0 radical (unpaired) electrons. The van der Waals surface area contributed by atoms with Gasteiger partial charge in [0.2, 0.25) is 0 Å². The summed E-state index contributed by atoms with van der Waals surface area (Å²) in [5.74, 6) is 1.94. The highest BCUT2D eigenvalue weighted by atomic mass is 127. The molecule has 0 bridgehead atoms. The molecule has 1 unspecified atom stereocenters. The largest absolute Gasteiger partial charge is 0.497 e. The van der Waals surface area contributed by atoms with Crippen molar-refractivity contribution < 1.29 is 14.6 Å². The summed E-state index contributed by atoms with van der Waals surface area (Å²) in [7, 11) is 5.15. The van der Waals surface area contributed by atoms with E-state index in [2.05, 4.69) is 15.6 Å². The van der Waals surface area contributed by atoms with Gasteiger partial charge in [0.05, 0.1) is 26.9 Å². The van der Waals surface area contributed by atoms with Crippen molar-refractivity contribution in [2.75, 3.05) is 27.3 Å². The number of hydrogen-bond acceptors (Lipinski definition) is 4. The van der Waals surface area contributed by atoms with Crippen molar-refractivity contribution in [3.63, 3.8) is 0 Å². The van der Waals surface area contributed by atoms with Crippen molar-refractivity contribution in [2.45, 2.75) is 19.6 Å². The van der Waals surface area contributed by atoms with Crippen LogP contribution in [0.4, 0.5) is 0 Å². The third-order valence-corrected chi connectivity index (χ3v) is 3.88. The van der Waals surface area contributed by atoms with E-state index in [9.17, 15) is 5.11 Å². The van der Waals surface area contributed by atoms with E-state index in [-0.39, 0.29) is 24.0 Å². The smallest absolute Gasteiger partial charge is 0.191 e. The van der Waals surface area contributed by atoms with Crippen LogP contribution in [-0.4, -0.2) is 42.9 Å². The maximum atomic E-state index is 10.5. The van der Waals surface area contributed by atoms with Crippen LogP contribution in [0.1, 0.15) is 24.2 Å². The van der Waals surface area contributed by atoms with Crippen LogP contribution in [0.2, 0.25) is 0 Å². The number of nitrogens with one attached hydrogen (secondary N) is 2. The Balaban J connectivity index is 0.00000364. The van der Waals surface area contributed by atoms with Crippen LogP contribution < -0.4 is 20.1 Å². The monoisotopic (exact) mass is 488 g/mol. The summed E-state index contributed by atoms with van der Waals surface area (Å²) in [4.78, 5) is 4.55. The van der Waals surface area contributed by atoms with Crippen LogP contribution >= 0.6 is 24.0 Å². The highest BCUT2D eigenvalue weighted by molar-refractivity contribution is 14.0. The normalized spacial score (nSPS) is 12.1. The number of methoxy groups -OCH3 is 2. The molecule has 1 heterocycles. The number of guanidine groups is 1. The lowest BCUT2D eigenvalue weighted by Gasteiger charge is -2.17. The number of aliphatic hydroxyl groups excluding tert-OH is 1. The Morgan fingerprint density at radius 3 is 2.37 bits per heavy atom. The van der Waals surface area contributed by atoms with Gasteiger partial charge >= 0.3 is 0 Å². The lowest BCUT2D eigenvalue weighted by Crippen LogP contribution is -2.39. The molecule has 150 valence electrons. The molecule has 0 saturated carbocycles. The van der Waals surface area contributed by atoms with Gasteiger partial charge in [-0.3, -0.25) is 0 Å². The first kappa shape index (κ1) is 23.1. The second-order valence-electron chi connectivity index (χ2n) is 5.92. The zero-order chi connectivity index (χ0) is 18.9. The van der Waals surface area contributed by atoms with Crippen LogP contribution in [0.25, 0.3) is 0 Å². The van der Waals surface area contributed by atoms with E-state index < -0.39 is 6.10 Å². The second kappa shape index (κ2) is 11.7. The van der Waals surface area contributed by atoms with Gasteiger partial charge in [0.1, 0.15) is 11.5 Å². The summed E-state index contributed by atoms with van der Waals surface area (Å²) < 4.78 is 12.5. The first-order chi connectivity index (χ1) is 12.5. The molecule has 2 aromatic rings. The van der Waals surface area contributed by atoms with E-state index in [4.69, 9.17) is 9.47 Å². The molecule has 0 aliphatic rings. The summed E-state index contributed by atoms with van der Waals surface area (Å²) in [6.07, 6.45) is 3.30. The molecule has 8 heteroatoms. The Morgan fingerprint density at radius 1 is 1.19 bits per heavy atom. The number of benzene rings is 1. The summed E-state index contributed by atoms with van der Waals surface area (Å²) in [6.45, 7) is 3.63. The summed E-state index contributed by atoms with van der Waals surface area (Å²) in [5, 5.41) is 16.9. The molecule has 1 aromatic carbocycles. The minimum atomic E-state index is -0.723. The van der Waals surface area contributed by atoms with Crippen molar-refractivity contribution in [2.24, 2.45) is 12.0 Å². The number of halogens is 1. The van der Waals surface area contributed by atoms with Crippen molar-refractivity contribution in [1.82, 2.24) is 15.2 Å². The minimum Gasteiger partial charge on any atom is -0.497 e. The number of aromatic nitrogens is 1. The zero-order valence-electron chi connectivity index (χ0n) is 16.2. The standard InChI is InChI=1S/C19H28N4O3.HI/c1-5-20-19(21-11-14-6-7-23(2)13-14)22-12-18(24)15-8-16(25-3)10-17(9-15)26-4;/h6-10,13,18,24H,5,11-12H2,1-4H3,(H2,20,21,22);1H. The number of ether oxygens (including phenoxy) is 2. The number of rotatable bonds is 8. The van der Waals surface area contributed by atoms with Crippen molar-refractivity contribution in [3.8, 4) is 11.5 Å². The SMILES string of the molecule is CCNC(=NCc1ccn(C)c1)NCC(O)c1cc(OC)cc(OC)c1.I. The molecule has 27 heavy (non-hydrogen) atoms. The number of nitrogens with zero attached hydrogens (tertiary/aromatic N) is 2. The average molecular weight is 488 g/mol. The number of aryl methyl sites for hydroxylation is 1. The fourth-order valence-electron chi connectivity index (χ4n) is 2.50. The number of aliphatic hydroxyl groups is 1. The Kier molecular flexibility index (Phi) is 10.0. The molecular weight excluding hydrogens is 459 g/mol. The maximum Gasteiger partial charge on any atom is 0.191 e. The van der Waals surface area contributed by atoms with Gasteiger partial charge in [-0.1, -0.05) is 0 Å². The van der Waals surface area contributed by atoms with Gasteiger partial charge in [-0.2, -0.15) is 0 Å². The molecule has 3 N–H and O–H groups in total. The molecule has 0 aliphatic heterocycles. The number of aliphatic imine (C=N–C) groups is 1. The van der Waals surface area contributed by atoms with E-state index >= 15 is 0 Å². The maximum absolute atomic E-state index is 10.5. The van der Waals surface area contributed by atoms with Gasteiger partial charge in [0.15, 0.2) is 5.96 Å². The molecule has 1 aromatic heterocycles. The Morgan fingerprint density at radius 2 is 1.85 bits per heavy atom. The second-order valence-corrected chi connectivity index (χ2v) is 5.92. The lowest BCUT2D eigenvalue weighted by atomic mass is 10.1. The van der Waals surface area contributed by atoms with Crippen molar-refractivity contribution in [1.29, 1.82) is 0 Å². The molecule has 0 fully saturated rings. The fourth-order valence-corrected chi connectivity index (χ4v) is 2.50. The molecule has 7 nitrogen and oxygen atoms in total. The van der Waals surface area contributed by atoms with Gasteiger partial charge in [-0.15, -0.1) is 24.0 Å². The molecule has 2 rings (SSSR count). The van der Waals surface area contributed by atoms with Crippen LogP contribution in [0.3, 0.4) is 0 Å². The number of hydrogen-bond donors (Lipinski definition) is 3. The Labute approximate surface area is 177 Å². The van der Waals surface area contributed by atoms with E-state index in [0.717, 1.165) is 12.1 Å². The third kappa shape index (κ3) is 7.30. The summed E-state index contributed by atoms with van der Waals surface area (Å²) in [5.41, 5.74) is 1.84. The van der Waals surface area contributed by atoms with Crippen LogP contribution in [0.5, 0.6) is 11.5 Å². The van der Waals surface area contributed by atoms with E-state index in [1.807, 2.05) is 37.0 Å². The Hall–Kier alpha value is -1.94. The molecule has 0 amide bonds. The Bertz CT molecular complexity index is 711. The molecule has 0 spiro atoms. The predicted molar refractivity (Wildman–Crippen MR) is 118 cm³/mol. The minimum absolute atomic E-state index is 0. The van der Waals surface area contributed by atoms with Gasteiger partial charge < -0.3 is 29.8 Å².